The smallest absolute Gasteiger partial charge is 0.164 e. The van der Waals surface area contributed by atoms with Crippen molar-refractivity contribution in [3.05, 3.63) is 71.6 Å². The molecule has 2 heteroatoms. The summed E-state index contributed by atoms with van der Waals surface area (Å²) in [7, 11) is 0. The van der Waals surface area contributed by atoms with Crippen LogP contribution in [0, 0.1) is 0 Å². The number of benzene rings is 1. The van der Waals surface area contributed by atoms with Crippen molar-refractivity contribution in [3.63, 3.8) is 0 Å². The maximum atomic E-state index is 14.8. The minimum atomic E-state index is -1.08. The van der Waals surface area contributed by atoms with Crippen molar-refractivity contribution < 1.29 is 4.39 Å². The van der Waals surface area contributed by atoms with Gasteiger partial charge in [-0.1, -0.05) is 36.4 Å². The van der Waals surface area contributed by atoms with Gasteiger partial charge in [0.25, 0.3) is 0 Å². The van der Waals surface area contributed by atoms with Crippen LogP contribution in [0.15, 0.2) is 60.3 Å². The molecular weight excluding hydrogens is 249 g/mol. The Balaban J connectivity index is 2.01. The summed E-state index contributed by atoms with van der Waals surface area (Å²) in [6, 6.07) is 15.6. The van der Waals surface area contributed by atoms with E-state index in [2.05, 4.69) is 17.1 Å². The Hall–Kier alpha value is -1.96. The van der Waals surface area contributed by atoms with E-state index in [1.165, 1.54) is 5.57 Å². The second kappa shape index (κ2) is 6.00. The molecule has 20 heavy (non-hydrogen) atoms. The highest BCUT2D eigenvalue weighted by Crippen LogP contribution is 2.40. The van der Waals surface area contributed by atoms with Gasteiger partial charge in [0.05, 0.1) is 5.69 Å². The predicted octanol–water partition coefficient (Wildman–Crippen LogP) is 5.12. The van der Waals surface area contributed by atoms with Gasteiger partial charge in [-0.15, -0.1) is 0 Å². The number of halogens is 1. The first-order chi connectivity index (χ1) is 9.86. The molecule has 0 fully saturated rings. The van der Waals surface area contributed by atoms with Crippen LogP contribution in [0.1, 0.15) is 43.1 Å². The molecule has 0 N–H and O–H groups in total. The molecule has 1 aliphatic rings. The fraction of sp³-hybridized carbons (Fsp3) is 0.278. The first-order valence-corrected chi connectivity index (χ1v) is 7.18. The summed E-state index contributed by atoms with van der Waals surface area (Å²) in [5, 5.41) is 0. The van der Waals surface area contributed by atoms with Crippen LogP contribution in [0.25, 0.3) is 5.57 Å². The first kappa shape index (κ1) is 13.0. The summed E-state index contributed by atoms with van der Waals surface area (Å²) in [5.41, 5.74) is 3.77. The average molecular weight is 267 g/mol. The molecule has 1 unspecified atom stereocenters. The molecule has 0 saturated heterocycles. The second-order valence-corrected chi connectivity index (χ2v) is 5.19. The lowest BCUT2D eigenvalue weighted by Crippen LogP contribution is -2.07. The van der Waals surface area contributed by atoms with Gasteiger partial charge in [-0.3, -0.25) is 4.98 Å². The number of allylic oxidation sites excluding steroid dienone is 2. The topological polar surface area (TPSA) is 12.9 Å². The molecule has 1 nitrogen and oxygen atoms in total. The van der Waals surface area contributed by atoms with Crippen molar-refractivity contribution in [2.75, 3.05) is 0 Å². The van der Waals surface area contributed by atoms with E-state index in [0.717, 1.165) is 36.8 Å². The number of pyridine rings is 1. The minimum absolute atomic E-state index is 0.526. The molecule has 0 radical (unpaired) electrons. The van der Waals surface area contributed by atoms with Gasteiger partial charge < -0.3 is 0 Å². The molecule has 0 bridgehead atoms. The fourth-order valence-electron chi connectivity index (χ4n) is 2.88. The highest BCUT2D eigenvalue weighted by molar-refractivity contribution is 5.70. The number of rotatable bonds is 3. The first-order valence-electron chi connectivity index (χ1n) is 7.18. The van der Waals surface area contributed by atoms with Crippen LogP contribution >= 0.6 is 0 Å². The van der Waals surface area contributed by atoms with Gasteiger partial charge in [0.2, 0.25) is 0 Å². The monoisotopic (exact) mass is 267 g/mol. The highest BCUT2D eigenvalue weighted by atomic mass is 19.1. The number of hydrogen-bond donors (Lipinski definition) is 0. The average Bonchev–Trinajstić information content (AvgIpc) is 2.56. The lowest BCUT2D eigenvalue weighted by molar-refractivity contribution is 0.372. The molecule has 3 rings (SSSR count). The van der Waals surface area contributed by atoms with E-state index >= 15 is 0 Å². The van der Waals surface area contributed by atoms with Crippen LogP contribution in [0.5, 0.6) is 0 Å². The summed E-state index contributed by atoms with van der Waals surface area (Å²) in [6.45, 7) is 0. The lowest BCUT2D eigenvalue weighted by Gasteiger charge is -2.23. The van der Waals surface area contributed by atoms with Crippen molar-refractivity contribution in [1.29, 1.82) is 0 Å². The second-order valence-electron chi connectivity index (χ2n) is 5.19. The summed E-state index contributed by atoms with van der Waals surface area (Å²) < 4.78 is 14.8. The molecule has 1 heterocycles. The van der Waals surface area contributed by atoms with Gasteiger partial charge in [0.15, 0.2) is 6.17 Å². The summed E-state index contributed by atoms with van der Waals surface area (Å²) >= 11 is 0. The Bertz CT molecular complexity index is 589. The van der Waals surface area contributed by atoms with Crippen molar-refractivity contribution in [2.45, 2.75) is 31.9 Å². The Morgan fingerprint density at radius 1 is 0.900 bits per heavy atom. The SMILES string of the molecule is FC(C1=C(c2ccccc2)CCCC1)c1ccccn1. The maximum Gasteiger partial charge on any atom is 0.164 e. The Morgan fingerprint density at radius 2 is 1.65 bits per heavy atom. The van der Waals surface area contributed by atoms with Crippen molar-refractivity contribution in [3.8, 4) is 0 Å². The van der Waals surface area contributed by atoms with E-state index in [0.29, 0.717) is 5.69 Å². The van der Waals surface area contributed by atoms with E-state index in [1.54, 1.807) is 12.3 Å². The van der Waals surface area contributed by atoms with Crippen molar-refractivity contribution in [2.24, 2.45) is 0 Å². The van der Waals surface area contributed by atoms with Crippen LogP contribution in [-0.2, 0) is 0 Å². The zero-order valence-corrected chi connectivity index (χ0v) is 11.4. The van der Waals surface area contributed by atoms with Crippen LogP contribution in [0.4, 0.5) is 4.39 Å². The molecule has 1 aromatic heterocycles. The van der Waals surface area contributed by atoms with Gasteiger partial charge >= 0.3 is 0 Å². The molecule has 0 spiro atoms. The van der Waals surface area contributed by atoms with Crippen molar-refractivity contribution >= 4 is 5.57 Å². The normalized spacial score (nSPS) is 17.1. The van der Waals surface area contributed by atoms with E-state index in [9.17, 15) is 4.39 Å². The van der Waals surface area contributed by atoms with Crippen LogP contribution < -0.4 is 0 Å². The molecule has 102 valence electrons. The largest absolute Gasteiger partial charge is 0.258 e. The third-order valence-electron chi connectivity index (χ3n) is 3.89. The molecule has 0 amide bonds. The number of aromatic nitrogens is 1. The minimum Gasteiger partial charge on any atom is -0.258 e. The quantitative estimate of drug-likeness (QED) is 0.752. The number of hydrogen-bond acceptors (Lipinski definition) is 1. The standard InChI is InChI=1S/C18H18FN/c19-18(17-12-6-7-13-20-17)16-11-5-4-10-15(16)14-8-2-1-3-9-14/h1-3,6-9,12-13,18H,4-5,10-11H2. The van der Waals surface area contributed by atoms with E-state index in [1.807, 2.05) is 30.3 Å². The zero-order chi connectivity index (χ0) is 13.8. The molecule has 1 aliphatic carbocycles. The van der Waals surface area contributed by atoms with Crippen LogP contribution in [0.3, 0.4) is 0 Å². The van der Waals surface area contributed by atoms with Gasteiger partial charge in [0, 0.05) is 6.20 Å². The van der Waals surface area contributed by atoms with Gasteiger partial charge in [-0.2, -0.15) is 0 Å². The summed E-state index contributed by atoms with van der Waals surface area (Å²) in [6.07, 6.45) is 4.59. The summed E-state index contributed by atoms with van der Waals surface area (Å²) in [4.78, 5) is 4.17. The molecule has 0 aliphatic heterocycles. The molecular formula is C18H18FN. The molecule has 0 saturated carbocycles. The Kier molecular flexibility index (Phi) is 3.91. The number of alkyl halides is 1. The van der Waals surface area contributed by atoms with Gasteiger partial charge in [-0.05, 0) is 54.5 Å². The maximum absolute atomic E-state index is 14.8. The van der Waals surface area contributed by atoms with E-state index in [4.69, 9.17) is 0 Å². The zero-order valence-electron chi connectivity index (χ0n) is 11.4. The van der Waals surface area contributed by atoms with Crippen LogP contribution in [-0.4, -0.2) is 4.98 Å². The van der Waals surface area contributed by atoms with Gasteiger partial charge in [0.1, 0.15) is 0 Å². The Morgan fingerprint density at radius 3 is 2.40 bits per heavy atom. The summed E-state index contributed by atoms with van der Waals surface area (Å²) in [5.74, 6) is 0. The lowest BCUT2D eigenvalue weighted by atomic mass is 9.84. The molecule has 1 atom stereocenters. The van der Waals surface area contributed by atoms with E-state index < -0.39 is 6.17 Å². The van der Waals surface area contributed by atoms with Crippen LogP contribution in [0.2, 0.25) is 0 Å². The van der Waals surface area contributed by atoms with E-state index in [-0.39, 0.29) is 0 Å². The van der Waals surface area contributed by atoms with Crippen molar-refractivity contribution in [1.82, 2.24) is 4.98 Å². The number of nitrogens with zero attached hydrogens (tertiary/aromatic N) is 1. The third-order valence-corrected chi connectivity index (χ3v) is 3.89. The third kappa shape index (κ3) is 2.64. The van der Waals surface area contributed by atoms with Gasteiger partial charge in [-0.25, -0.2) is 4.39 Å². The molecule has 1 aromatic carbocycles. The fourth-order valence-corrected chi connectivity index (χ4v) is 2.88. The Labute approximate surface area is 119 Å². The molecule has 2 aromatic rings. The predicted molar refractivity (Wildman–Crippen MR) is 79.9 cm³/mol. The highest BCUT2D eigenvalue weighted by Gasteiger charge is 2.23.